The van der Waals surface area contributed by atoms with Crippen LogP contribution in [-0.2, 0) is 0 Å². The van der Waals surface area contributed by atoms with Gasteiger partial charge in [-0.1, -0.05) is 30.3 Å². The Kier molecular flexibility index (Phi) is 3.47. The second kappa shape index (κ2) is 5.41. The molecule has 97 valence electrons. The lowest BCUT2D eigenvalue weighted by Gasteiger charge is -2.32. The first-order valence-electron chi connectivity index (χ1n) is 6.74. The molecule has 0 aliphatic carbocycles. The van der Waals surface area contributed by atoms with E-state index >= 15 is 0 Å². The molecule has 3 rings (SSSR count). The van der Waals surface area contributed by atoms with Crippen molar-refractivity contribution in [1.82, 2.24) is 10.3 Å². The molecule has 1 saturated heterocycles. The van der Waals surface area contributed by atoms with E-state index in [0.717, 1.165) is 31.7 Å². The molecule has 0 spiro atoms. The summed E-state index contributed by atoms with van der Waals surface area (Å²) >= 11 is 0. The summed E-state index contributed by atoms with van der Waals surface area (Å²) in [7, 11) is 0. The van der Waals surface area contributed by atoms with Gasteiger partial charge in [-0.25, -0.2) is 0 Å². The van der Waals surface area contributed by atoms with Crippen molar-refractivity contribution in [1.29, 1.82) is 0 Å². The lowest BCUT2D eigenvalue weighted by Crippen LogP contribution is -2.44. The third kappa shape index (κ3) is 2.47. The highest BCUT2D eigenvalue weighted by Gasteiger charge is 2.17. The van der Waals surface area contributed by atoms with Gasteiger partial charge in [-0.05, 0) is 18.1 Å². The van der Waals surface area contributed by atoms with Crippen LogP contribution in [0.15, 0.2) is 36.5 Å². The molecule has 1 aromatic heterocycles. The minimum atomic E-state index is 1.04. The number of anilines is 1. The molecule has 0 atom stereocenters. The molecular weight excluding hydrogens is 234 g/mol. The van der Waals surface area contributed by atoms with Crippen molar-refractivity contribution < 1.29 is 0 Å². The molecule has 1 fully saturated rings. The lowest BCUT2D eigenvalue weighted by atomic mass is 10.0. The standard InChI is InChI=1S/C16H18N3/c1-13-11-18-12-15(14-5-3-2-4-6-14)16(13)19-9-7-17-8-10-19/h2-6,11,17H,7-10H2,1H3. The van der Waals surface area contributed by atoms with E-state index in [9.17, 15) is 0 Å². The molecule has 1 N–H and O–H groups in total. The molecule has 1 aliphatic rings. The summed E-state index contributed by atoms with van der Waals surface area (Å²) in [5.74, 6) is 0. The second-order valence-electron chi connectivity index (χ2n) is 4.88. The average Bonchev–Trinajstić information content (AvgIpc) is 2.49. The topological polar surface area (TPSA) is 28.2 Å². The molecular formula is C16H18N3. The van der Waals surface area contributed by atoms with E-state index < -0.39 is 0 Å². The second-order valence-corrected chi connectivity index (χ2v) is 4.88. The molecule has 0 saturated carbocycles. The molecule has 0 amide bonds. The summed E-state index contributed by atoms with van der Waals surface area (Å²) in [4.78, 5) is 6.69. The molecule has 1 aromatic carbocycles. The van der Waals surface area contributed by atoms with Gasteiger partial charge in [0.25, 0.3) is 0 Å². The Bertz CT molecular complexity index is 545. The van der Waals surface area contributed by atoms with E-state index in [1.165, 1.54) is 16.8 Å². The van der Waals surface area contributed by atoms with Crippen LogP contribution in [0.5, 0.6) is 0 Å². The van der Waals surface area contributed by atoms with Crippen LogP contribution in [0.3, 0.4) is 0 Å². The first-order chi connectivity index (χ1) is 9.36. The Hall–Kier alpha value is -1.87. The summed E-state index contributed by atoms with van der Waals surface area (Å²) in [5.41, 5.74) is 4.80. The van der Waals surface area contributed by atoms with Gasteiger partial charge < -0.3 is 10.2 Å². The van der Waals surface area contributed by atoms with Crippen molar-refractivity contribution in [2.45, 2.75) is 6.92 Å². The number of aryl methyl sites for hydroxylation is 1. The zero-order chi connectivity index (χ0) is 13.1. The third-order valence-electron chi connectivity index (χ3n) is 3.54. The first-order valence-corrected chi connectivity index (χ1v) is 6.74. The van der Waals surface area contributed by atoms with Crippen LogP contribution in [0.2, 0.25) is 0 Å². The summed E-state index contributed by atoms with van der Waals surface area (Å²) in [6.45, 7) is 6.29. The van der Waals surface area contributed by atoms with Crippen molar-refractivity contribution in [2.75, 3.05) is 31.1 Å². The summed E-state index contributed by atoms with van der Waals surface area (Å²) in [6.07, 6.45) is 5.09. The van der Waals surface area contributed by atoms with Crippen molar-refractivity contribution in [3.63, 3.8) is 0 Å². The van der Waals surface area contributed by atoms with Crippen molar-refractivity contribution in [3.05, 3.63) is 48.3 Å². The van der Waals surface area contributed by atoms with Gasteiger partial charge in [-0.3, -0.25) is 4.98 Å². The molecule has 3 heteroatoms. The first kappa shape index (κ1) is 12.2. The highest BCUT2D eigenvalue weighted by Crippen LogP contribution is 2.32. The van der Waals surface area contributed by atoms with Crippen molar-refractivity contribution >= 4 is 5.69 Å². The number of benzene rings is 1. The largest absolute Gasteiger partial charge is 0.368 e. The minimum Gasteiger partial charge on any atom is -0.368 e. The van der Waals surface area contributed by atoms with E-state index in [-0.39, 0.29) is 0 Å². The van der Waals surface area contributed by atoms with Crippen LogP contribution in [0.4, 0.5) is 5.69 Å². The van der Waals surface area contributed by atoms with Crippen LogP contribution in [0.1, 0.15) is 5.56 Å². The summed E-state index contributed by atoms with van der Waals surface area (Å²) < 4.78 is 0. The molecule has 0 unspecified atom stereocenters. The van der Waals surface area contributed by atoms with Crippen LogP contribution < -0.4 is 10.2 Å². The predicted octanol–water partition coefficient (Wildman–Crippen LogP) is 2.27. The van der Waals surface area contributed by atoms with Crippen molar-refractivity contribution in [3.8, 4) is 11.1 Å². The Labute approximate surface area is 114 Å². The number of hydrogen-bond acceptors (Lipinski definition) is 3. The maximum absolute atomic E-state index is 4.25. The van der Waals surface area contributed by atoms with E-state index in [4.69, 9.17) is 0 Å². The number of aromatic nitrogens is 1. The number of rotatable bonds is 2. The van der Waals surface area contributed by atoms with Gasteiger partial charge in [0.05, 0.1) is 11.9 Å². The number of nitrogens with one attached hydrogen (secondary N) is 1. The summed E-state index contributed by atoms with van der Waals surface area (Å²) in [5, 5.41) is 3.40. The SMILES string of the molecule is Cc1cn[c]c(-c2ccccc2)c1N1CCNCC1. The van der Waals surface area contributed by atoms with E-state index in [1.54, 1.807) is 0 Å². The minimum absolute atomic E-state index is 1.04. The van der Waals surface area contributed by atoms with Crippen molar-refractivity contribution in [2.24, 2.45) is 0 Å². The van der Waals surface area contributed by atoms with Gasteiger partial charge in [-0.15, -0.1) is 0 Å². The Morgan fingerprint density at radius 1 is 1.16 bits per heavy atom. The Morgan fingerprint density at radius 2 is 1.89 bits per heavy atom. The fourth-order valence-corrected chi connectivity index (χ4v) is 2.61. The monoisotopic (exact) mass is 252 g/mol. The average molecular weight is 252 g/mol. The normalized spacial score (nSPS) is 15.5. The highest BCUT2D eigenvalue weighted by molar-refractivity contribution is 5.79. The van der Waals surface area contributed by atoms with E-state index in [1.807, 2.05) is 12.3 Å². The van der Waals surface area contributed by atoms with Gasteiger partial charge in [0, 0.05) is 37.9 Å². The summed E-state index contributed by atoms with van der Waals surface area (Å²) in [6, 6.07) is 10.4. The number of nitrogens with zero attached hydrogens (tertiary/aromatic N) is 2. The van der Waals surface area contributed by atoms with Crippen LogP contribution in [-0.4, -0.2) is 31.2 Å². The van der Waals surface area contributed by atoms with Gasteiger partial charge in [-0.2, -0.15) is 0 Å². The third-order valence-corrected chi connectivity index (χ3v) is 3.54. The molecule has 3 nitrogen and oxygen atoms in total. The molecule has 1 radical (unpaired) electrons. The zero-order valence-electron chi connectivity index (χ0n) is 11.2. The molecule has 1 aliphatic heterocycles. The van der Waals surface area contributed by atoms with E-state index in [0.29, 0.717) is 0 Å². The molecule has 2 heterocycles. The lowest BCUT2D eigenvalue weighted by molar-refractivity contribution is 0.588. The number of hydrogen-bond donors (Lipinski definition) is 1. The zero-order valence-corrected chi connectivity index (χ0v) is 11.2. The smallest absolute Gasteiger partial charge is 0.0992 e. The Morgan fingerprint density at radius 3 is 2.63 bits per heavy atom. The molecule has 0 bridgehead atoms. The van der Waals surface area contributed by atoms with Crippen LogP contribution in [0, 0.1) is 13.1 Å². The van der Waals surface area contributed by atoms with Gasteiger partial charge >= 0.3 is 0 Å². The predicted molar refractivity (Wildman–Crippen MR) is 78.3 cm³/mol. The van der Waals surface area contributed by atoms with Gasteiger partial charge in [0.15, 0.2) is 0 Å². The van der Waals surface area contributed by atoms with Gasteiger partial charge in [0.2, 0.25) is 0 Å². The quantitative estimate of drug-likeness (QED) is 0.888. The van der Waals surface area contributed by atoms with Gasteiger partial charge in [0.1, 0.15) is 0 Å². The number of piperazine rings is 1. The fraction of sp³-hybridized carbons (Fsp3) is 0.312. The number of pyridine rings is 1. The highest BCUT2D eigenvalue weighted by atomic mass is 15.2. The Balaban J connectivity index is 2.07. The molecule has 2 aromatic rings. The van der Waals surface area contributed by atoms with E-state index in [2.05, 4.69) is 52.6 Å². The molecule has 19 heavy (non-hydrogen) atoms. The van der Waals surface area contributed by atoms with Crippen LogP contribution in [0.25, 0.3) is 11.1 Å². The maximum Gasteiger partial charge on any atom is 0.0992 e. The maximum atomic E-state index is 4.25. The van der Waals surface area contributed by atoms with Crippen LogP contribution >= 0.6 is 0 Å². The fourth-order valence-electron chi connectivity index (χ4n) is 2.61.